The van der Waals surface area contributed by atoms with Gasteiger partial charge in [0.25, 0.3) is 0 Å². The van der Waals surface area contributed by atoms with E-state index in [2.05, 4.69) is 10.3 Å². The van der Waals surface area contributed by atoms with Gasteiger partial charge in [-0.3, -0.25) is 0 Å². The summed E-state index contributed by atoms with van der Waals surface area (Å²) in [7, 11) is 0. The van der Waals surface area contributed by atoms with Crippen LogP contribution >= 0.6 is 11.3 Å². The molecule has 0 aliphatic carbocycles. The third-order valence-corrected chi connectivity index (χ3v) is 2.94. The van der Waals surface area contributed by atoms with Crippen LogP contribution in [0, 0.1) is 0 Å². The van der Waals surface area contributed by atoms with Gasteiger partial charge in [0.1, 0.15) is 11.6 Å². The van der Waals surface area contributed by atoms with E-state index in [1.807, 2.05) is 0 Å². The number of carbonyl (C=O) groups excluding carboxylic acids is 1. The van der Waals surface area contributed by atoms with Crippen molar-refractivity contribution in [3.8, 4) is 0 Å². The van der Waals surface area contributed by atoms with Crippen molar-refractivity contribution >= 4 is 23.3 Å². The summed E-state index contributed by atoms with van der Waals surface area (Å²) >= 11 is 0.995. The summed E-state index contributed by atoms with van der Waals surface area (Å²) in [4.78, 5) is 25.5. The maximum Gasteiger partial charge on any atom is 0.405 e. The number of hydrogen-bond acceptors (Lipinski definition) is 4. The van der Waals surface area contributed by atoms with Gasteiger partial charge in [-0.05, 0) is 6.92 Å². The van der Waals surface area contributed by atoms with Crippen LogP contribution in [-0.2, 0) is 0 Å². The summed E-state index contributed by atoms with van der Waals surface area (Å²) < 4.78 is 35.6. The number of aromatic nitrogens is 1. The number of hydrogen-bond donors (Lipinski definition) is 3. The zero-order chi connectivity index (χ0) is 14.6. The minimum absolute atomic E-state index is 0.177. The van der Waals surface area contributed by atoms with Crippen LogP contribution in [0.2, 0.25) is 0 Å². The topological polar surface area (TPSA) is 91.3 Å². The Morgan fingerprint density at radius 2 is 2.16 bits per heavy atom. The fourth-order valence-electron chi connectivity index (χ4n) is 1.07. The average molecular weight is 297 g/mol. The number of rotatable bonds is 4. The SMILES string of the molecule is CC(NC(=O)NCC(F)(F)F)c1nc(C(=O)O)cs1. The van der Waals surface area contributed by atoms with Crippen molar-refractivity contribution in [2.75, 3.05) is 6.54 Å². The van der Waals surface area contributed by atoms with E-state index >= 15 is 0 Å². The molecule has 2 amide bonds. The highest BCUT2D eigenvalue weighted by Gasteiger charge is 2.28. The van der Waals surface area contributed by atoms with Crippen molar-refractivity contribution in [1.82, 2.24) is 15.6 Å². The van der Waals surface area contributed by atoms with E-state index in [1.54, 1.807) is 5.32 Å². The Hall–Kier alpha value is -1.84. The molecule has 1 rings (SSSR count). The average Bonchev–Trinajstić information content (AvgIpc) is 2.74. The van der Waals surface area contributed by atoms with Gasteiger partial charge in [0.15, 0.2) is 5.69 Å². The molecule has 0 aliphatic rings. The molecule has 10 heteroatoms. The molecule has 1 unspecified atom stereocenters. The molecule has 3 N–H and O–H groups in total. The molecule has 0 radical (unpaired) electrons. The summed E-state index contributed by atoms with van der Waals surface area (Å²) in [6.07, 6.45) is -4.49. The quantitative estimate of drug-likeness (QED) is 0.789. The molecule has 0 fully saturated rings. The molecular formula is C9H10F3N3O3S. The number of thiazole rings is 1. The Morgan fingerprint density at radius 1 is 1.53 bits per heavy atom. The Bertz CT molecular complexity index is 475. The zero-order valence-electron chi connectivity index (χ0n) is 9.61. The number of alkyl halides is 3. The molecule has 0 aliphatic heterocycles. The van der Waals surface area contributed by atoms with Gasteiger partial charge < -0.3 is 15.7 Å². The summed E-state index contributed by atoms with van der Waals surface area (Å²) in [5.74, 6) is -1.21. The smallest absolute Gasteiger partial charge is 0.405 e. The minimum Gasteiger partial charge on any atom is -0.476 e. The molecule has 1 atom stereocenters. The van der Waals surface area contributed by atoms with E-state index in [-0.39, 0.29) is 5.69 Å². The largest absolute Gasteiger partial charge is 0.476 e. The lowest BCUT2D eigenvalue weighted by molar-refractivity contribution is -0.122. The van der Waals surface area contributed by atoms with Crippen molar-refractivity contribution in [3.05, 3.63) is 16.1 Å². The molecule has 0 bridgehead atoms. The number of urea groups is 1. The molecule has 19 heavy (non-hydrogen) atoms. The van der Waals surface area contributed by atoms with Gasteiger partial charge in [-0.2, -0.15) is 13.2 Å². The normalized spacial score (nSPS) is 12.8. The molecule has 1 heterocycles. The van der Waals surface area contributed by atoms with Gasteiger partial charge in [-0.25, -0.2) is 14.6 Å². The summed E-state index contributed by atoms with van der Waals surface area (Å²) in [5.41, 5.74) is -0.177. The van der Waals surface area contributed by atoms with Crippen molar-refractivity contribution in [2.24, 2.45) is 0 Å². The molecule has 0 spiro atoms. The maximum atomic E-state index is 11.9. The fourth-order valence-corrected chi connectivity index (χ4v) is 1.87. The van der Waals surface area contributed by atoms with E-state index in [0.29, 0.717) is 5.01 Å². The predicted molar refractivity (Wildman–Crippen MR) is 60.1 cm³/mol. The number of carboxylic acids is 1. The zero-order valence-corrected chi connectivity index (χ0v) is 10.4. The number of aromatic carboxylic acids is 1. The first-order valence-corrected chi connectivity index (χ1v) is 5.87. The van der Waals surface area contributed by atoms with Crippen LogP contribution in [0.3, 0.4) is 0 Å². The Morgan fingerprint density at radius 3 is 2.63 bits per heavy atom. The Balaban J connectivity index is 2.51. The van der Waals surface area contributed by atoms with Crippen LogP contribution in [0.15, 0.2) is 5.38 Å². The standard InChI is InChI=1S/C9H10F3N3O3S/c1-4(6-15-5(2-19-6)7(16)17)14-8(18)13-3-9(10,11)12/h2,4H,3H2,1H3,(H,16,17)(H2,13,14,18). The van der Waals surface area contributed by atoms with Crippen molar-refractivity contribution < 1.29 is 27.9 Å². The monoisotopic (exact) mass is 297 g/mol. The summed E-state index contributed by atoms with van der Waals surface area (Å²) in [5, 5.41) is 14.1. The van der Waals surface area contributed by atoms with Crippen LogP contribution in [0.1, 0.15) is 28.5 Å². The van der Waals surface area contributed by atoms with Gasteiger partial charge in [0.2, 0.25) is 0 Å². The molecule has 6 nitrogen and oxygen atoms in total. The van der Waals surface area contributed by atoms with Crippen LogP contribution in [0.25, 0.3) is 0 Å². The number of carboxylic acid groups (broad SMARTS) is 1. The minimum atomic E-state index is -4.49. The number of nitrogens with zero attached hydrogens (tertiary/aromatic N) is 1. The second-order valence-electron chi connectivity index (χ2n) is 3.54. The molecule has 1 aromatic rings. The lowest BCUT2D eigenvalue weighted by atomic mass is 10.3. The second-order valence-corrected chi connectivity index (χ2v) is 4.43. The third kappa shape index (κ3) is 5.12. The van der Waals surface area contributed by atoms with Crippen molar-refractivity contribution in [2.45, 2.75) is 19.1 Å². The predicted octanol–water partition coefficient (Wildman–Crippen LogP) is 1.76. The van der Waals surface area contributed by atoms with Crippen LogP contribution in [0.4, 0.5) is 18.0 Å². The van der Waals surface area contributed by atoms with Gasteiger partial charge in [-0.1, -0.05) is 0 Å². The first-order chi connectivity index (χ1) is 8.69. The van der Waals surface area contributed by atoms with Crippen molar-refractivity contribution in [3.63, 3.8) is 0 Å². The van der Waals surface area contributed by atoms with Crippen molar-refractivity contribution in [1.29, 1.82) is 0 Å². The van der Waals surface area contributed by atoms with E-state index < -0.39 is 30.8 Å². The highest BCUT2D eigenvalue weighted by molar-refractivity contribution is 7.09. The van der Waals surface area contributed by atoms with Crippen LogP contribution in [0.5, 0.6) is 0 Å². The van der Waals surface area contributed by atoms with E-state index in [0.717, 1.165) is 11.3 Å². The number of nitrogens with one attached hydrogen (secondary N) is 2. The number of carbonyl (C=O) groups is 2. The maximum absolute atomic E-state index is 11.9. The molecule has 0 saturated heterocycles. The molecule has 106 valence electrons. The van der Waals surface area contributed by atoms with E-state index in [1.165, 1.54) is 12.3 Å². The summed E-state index contributed by atoms with van der Waals surface area (Å²) in [6.45, 7) is 0.0431. The molecule has 0 saturated carbocycles. The molecule has 0 aromatic carbocycles. The first kappa shape index (κ1) is 15.2. The third-order valence-electron chi connectivity index (χ3n) is 1.91. The van der Waals surface area contributed by atoms with Gasteiger partial charge in [-0.15, -0.1) is 11.3 Å². The highest BCUT2D eigenvalue weighted by Crippen LogP contribution is 2.18. The number of amides is 2. The second kappa shape index (κ2) is 5.87. The van der Waals surface area contributed by atoms with E-state index in [4.69, 9.17) is 5.11 Å². The molecular weight excluding hydrogens is 287 g/mol. The van der Waals surface area contributed by atoms with Crippen LogP contribution < -0.4 is 10.6 Å². The first-order valence-electron chi connectivity index (χ1n) is 4.99. The highest BCUT2D eigenvalue weighted by atomic mass is 32.1. The lowest BCUT2D eigenvalue weighted by Gasteiger charge is -2.13. The van der Waals surface area contributed by atoms with Gasteiger partial charge in [0.05, 0.1) is 6.04 Å². The van der Waals surface area contributed by atoms with Gasteiger partial charge >= 0.3 is 18.2 Å². The molecule has 1 aromatic heterocycles. The number of halogens is 3. The Labute approximate surface area is 109 Å². The van der Waals surface area contributed by atoms with Gasteiger partial charge in [0, 0.05) is 5.38 Å². The van der Waals surface area contributed by atoms with Crippen LogP contribution in [-0.4, -0.2) is 34.8 Å². The summed E-state index contributed by atoms with van der Waals surface area (Å²) in [6, 6.07) is -1.69. The Kier molecular flexibility index (Phi) is 4.70. The fraction of sp³-hybridized carbons (Fsp3) is 0.444. The lowest BCUT2D eigenvalue weighted by Crippen LogP contribution is -2.41. The van der Waals surface area contributed by atoms with E-state index in [9.17, 15) is 22.8 Å².